The Labute approximate surface area is 129 Å². The molecule has 0 unspecified atom stereocenters. The lowest BCUT2D eigenvalue weighted by molar-refractivity contribution is -0.159. The lowest BCUT2D eigenvalue weighted by atomic mass is 10.1. The summed E-state index contributed by atoms with van der Waals surface area (Å²) in [5, 5.41) is 8.29. The number of carbonyl (C=O) groups excluding carboxylic acids is 1. The van der Waals surface area contributed by atoms with Crippen LogP contribution in [0.25, 0.3) is 11.4 Å². The fourth-order valence-electron chi connectivity index (χ4n) is 1.60. The van der Waals surface area contributed by atoms with E-state index in [9.17, 15) is 18.0 Å². The first kappa shape index (κ1) is 16.4. The van der Waals surface area contributed by atoms with Gasteiger partial charge in [0.15, 0.2) is 0 Å². The second kappa shape index (κ2) is 6.83. The minimum Gasteiger partial charge on any atom is -0.334 e. The quantitative estimate of drug-likeness (QED) is 0.845. The molecular weight excluding hydrogens is 313 g/mol. The summed E-state index contributed by atoms with van der Waals surface area (Å²) in [5.41, 5.74) is 1.11. The van der Waals surface area contributed by atoms with Crippen molar-refractivity contribution in [3.05, 3.63) is 35.7 Å². The summed E-state index contributed by atoms with van der Waals surface area (Å²) >= 11 is 0. The highest BCUT2D eigenvalue weighted by Gasteiger charge is 2.38. The molecule has 1 aromatic carbocycles. The Bertz CT molecular complexity index is 717. The van der Waals surface area contributed by atoms with Gasteiger partial charge in [-0.2, -0.15) is 18.2 Å². The molecule has 0 aliphatic rings. The molecular formula is C14H11F3N4O2. The predicted octanol–water partition coefficient (Wildman–Crippen LogP) is 2.19. The van der Waals surface area contributed by atoms with Crippen molar-refractivity contribution in [3.8, 4) is 23.7 Å². The third kappa shape index (κ3) is 4.47. The molecule has 1 aromatic heterocycles. The van der Waals surface area contributed by atoms with Gasteiger partial charge in [-0.15, -0.1) is 6.42 Å². The molecule has 0 atom stereocenters. The SMILES string of the molecule is C#CCNC(=O)NCc1ccc(-c2noc(C(F)(F)F)n2)cc1. The molecule has 2 rings (SSSR count). The number of benzene rings is 1. The number of terminal acetylenes is 1. The van der Waals surface area contributed by atoms with Crippen molar-refractivity contribution in [1.82, 2.24) is 20.8 Å². The molecule has 0 aliphatic carbocycles. The van der Waals surface area contributed by atoms with E-state index < -0.39 is 18.1 Å². The van der Waals surface area contributed by atoms with Crippen molar-refractivity contribution in [1.29, 1.82) is 0 Å². The molecule has 6 nitrogen and oxygen atoms in total. The van der Waals surface area contributed by atoms with Gasteiger partial charge in [0.05, 0.1) is 6.54 Å². The highest BCUT2D eigenvalue weighted by atomic mass is 19.4. The molecule has 1 heterocycles. The largest absolute Gasteiger partial charge is 0.471 e. The maximum Gasteiger partial charge on any atom is 0.471 e. The molecule has 120 valence electrons. The van der Waals surface area contributed by atoms with Gasteiger partial charge in [0.25, 0.3) is 0 Å². The fourth-order valence-corrected chi connectivity index (χ4v) is 1.60. The van der Waals surface area contributed by atoms with Gasteiger partial charge in [0, 0.05) is 12.1 Å². The zero-order valence-electron chi connectivity index (χ0n) is 11.6. The van der Waals surface area contributed by atoms with Crippen LogP contribution in [0.15, 0.2) is 28.8 Å². The minimum absolute atomic E-state index is 0.115. The molecule has 0 bridgehead atoms. The topological polar surface area (TPSA) is 80.0 Å². The zero-order chi connectivity index (χ0) is 16.9. The Balaban J connectivity index is 1.98. The molecule has 23 heavy (non-hydrogen) atoms. The Morgan fingerprint density at radius 3 is 2.52 bits per heavy atom. The number of alkyl halides is 3. The van der Waals surface area contributed by atoms with Gasteiger partial charge in [-0.25, -0.2) is 4.79 Å². The molecule has 0 aliphatic heterocycles. The van der Waals surface area contributed by atoms with Crippen molar-refractivity contribution in [2.24, 2.45) is 0 Å². The minimum atomic E-state index is -4.68. The summed E-state index contributed by atoms with van der Waals surface area (Å²) in [6.07, 6.45) is 0.322. The van der Waals surface area contributed by atoms with Crippen molar-refractivity contribution in [2.45, 2.75) is 12.7 Å². The van der Waals surface area contributed by atoms with Gasteiger partial charge in [-0.05, 0) is 5.56 Å². The molecule has 9 heteroatoms. The van der Waals surface area contributed by atoms with E-state index in [0.29, 0.717) is 5.56 Å². The van der Waals surface area contributed by atoms with Crippen LogP contribution >= 0.6 is 0 Å². The van der Waals surface area contributed by atoms with Gasteiger partial charge < -0.3 is 15.2 Å². The van der Waals surface area contributed by atoms with Crippen LogP contribution in [-0.2, 0) is 12.7 Å². The number of hydrogen-bond acceptors (Lipinski definition) is 4. The molecule has 2 amide bonds. The normalized spacial score (nSPS) is 10.9. The number of hydrogen-bond donors (Lipinski definition) is 2. The second-order valence-electron chi connectivity index (χ2n) is 4.36. The predicted molar refractivity (Wildman–Crippen MR) is 73.8 cm³/mol. The molecule has 0 radical (unpaired) electrons. The summed E-state index contributed by atoms with van der Waals surface area (Å²) in [5.74, 6) is 0.697. The number of aromatic nitrogens is 2. The highest BCUT2D eigenvalue weighted by molar-refractivity contribution is 5.74. The van der Waals surface area contributed by atoms with Crippen molar-refractivity contribution < 1.29 is 22.5 Å². The number of amides is 2. The molecule has 2 aromatic rings. The third-order valence-electron chi connectivity index (χ3n) is 2.68. The van der Waals surface area contributed by atoms with Gasteiger partial charge >= 0.3 is 18.1 Å². The Morgan fingerprint density at radius 1 is 1.26 bits per heavy atom. The summed E-state index contributed by atoms with van der Waals surface area (Å²) in [4.78, 5) is 14.6. The second-order valence-corrected chi connectivity index (χ2v) is 4.36. The highest BCUT2D eigenvalue weighted by Crippen LogP contribution is 2.29. The molecule has 2 N–H and O–H groups in total. The van der Waals surface area contributed by atoms with Crippen LogP contribution < -0.4 is 10.6 Å². The lowest BCUT2D eigenvalue weighted by Gasteiger charge is -2.05. The summed E-state index contributed by atoms with van der Waals surface area (Å²) in [6, 6.07) is 5.89. The van der Waals surface area contributed by atoms with Gasteiger partial charge in [-0.1, -0.05) is 35.3 Å². The van der Waals surface area contributed by atoms with Crippen LogP contribution in [0.4, 0.5) is 18.0 Å². The first-order valence-corrected chi connectivity index (χ1v) is 6.35. The van der Waals surface area contributed by atoms with E-state index in [0.717, 1.165) is 5.56 Å². The number of urea groups is 1. The van der Waals surface area contributed by atoms with Crippen molar-refractivity contribution in [2.75, 3.05) is 6.54 Å². The van der Waals surface area contributed by atoms with E-state index in [-0.39, 0.29) is 18.9 Å². The number of rotatable bonds is 4. The van der Waals surface area contributed by atoms with Crippen LogP contribution in [0, 0.1) is 12.3 Å². The number of nitrogens with zero attached hydrogens (tertiary/aromatic N) is 2. The maximum atomic E-state index is 12.4. The maximum absolute atomic E-state index is 12.4. The summed E-state index contributed by atoms with van der Waals surface area (Å²) < 4.78 is 41.3. The monoisotopic (exact) mass is 324 g/mol. The average Bonchev–Trinajstić information content (AvgIpc) is 3.01. The van der Waals surface area contributed by atoms with Crippen LogP contribution in [0.3, 0.4) is 0 Å². The van der Waals surface area contributed by atoms with Gasteiger partial charge in [-0.3, -0.25) is 0 Å². The number of carbonyl (C=O) groups is 1. The Morgan fingerprint density at radius 2 is 1.96 bits per heavy atom. The summed E-state index contributed by atoms with van der Waals surface area (Å²) in [7, 11) is 0. The average molecular weight is 324 g/mol. The van der Waals surface area contributed by atoms with Crippen LogP contribution in [0.5, 0.6) is 0 Å². The van der Waals surface area contributed by atoms with E-state index in [4.69, 9.17) is 6.42 Å². The Hall–Kier alpha value is -3.02. The first-order chi connectivity index (χ1) is 10.9. The molecule has 0 saturated carbocycles. The van der Waals surface area contributed by atoms with E-state index in [1.165, 1.54) is 12.1 Å². The van der Waals surface area contributed by atoms with Crippen LogP contribution in [0.2, 0.25) is 0 Å². The number of nitrogens with one attached hydrogen (secondary N) is 2. The molecule has 0 saturated heterocycles. The van der Waals surface area contributed by atoms with Crippen molar-refractivity contribution >= 4 is 6.03 Å². The molecule has 0 spiro atoms. The van der Waals surface area contributed by atoms with Crippen molar-refractivity contribution in [3.63, 3.8) is 0 Å². The van der Waals surface area contributed by atoms with E-state index in [1.54, 1.807) is 12.1 Å². The first-order valence-electron chi connectivity index (χ1n) is 6.35. The van der Waals surface area contributed by atoms with Gasteiger partial charge in [0.1, 0.15) is 0 Å². The van der Waals surface area contributed by atoms with E-state index in [2.05, 4.69) is 31.2 Å². The van der Waals surface area contributed by atoms with Crippen LogP contribution in [0.1, 0.15) is 11.5 Å². The van der Waals surface area contributed by atoms with Crippen LogP contribution in [-0.4, -0.2) is 22.7 Å². The van der Waals surface area contributed by atoms with E-state index in [1.807, 2.05) is 0 Å². The summed E-state index contributed by atoms with van der Waals surface area (Å²) in [6.45, 7) is 0.348. The zero-order valence-corrected chi connectivity index (χ0v) is 11.6. The van der Waals surface area contributed by atoms with Gasteiger partial charge in [0.2, 0.25) is 5.82 Å². The fraction of sp³-hybridized carbons (Fsp3) is 0.214. The standard InChI is InChI=1S/C14H11F3N4O2/c1-2-7-18-13(22)19-8-9-3-5-10(6-4-9)11-20-12(23-21-11)14(15,16)17/h1,3-6H,7-8H2,(H2,18,19,22). The lowest BCUT2D eigenvalue weighted by Crippen LogP contribution is -2.35. The molecule has 0 fully saturated rings. The Kier molecular flexibility index (Phi) is 4.85. The third-order valence-corrected chi connectivity index (χ3v) is 2.68. The number of halogens is 3. The van der Waals surface area contributed by atoms with E-state index >= 15 is 0 Å². The smallest absolute Gasteiger partial charge is 0.334 e.